The van der Waals surface area contributed by atoms with Gasteiger partial charge < -0.3 is 5.32 Å². The van der Waals surface area contributed by atoms with Crippen LogP contribution in [0.3, 0.4) is 0 Å². The highest BCUT2D eigenvalue weighted by atomic mass is 79.9. The van der Waals surface area contributed by atoms with Gasteiger partial charge in [-0.25, -0.2) is 4.98 Å². The topological polar surface area (TPSA) is 24.9 Å². The van der Waals surface area contributed by atoms with E-state index in [2.05, 4.69) is 49.1 Å². The SMILES string of the molecule is CC1(CNc2ncc(Br)cc2Br)CCCCC1. The number of hydrogen-bond donors (Lipinski definition) is 1. The third-order valence-electron chi connectivity index (χ3n) is 3.55. The fourth-order valence-electron chi connectivity index (χ4n) is 2.42. The number of nitrogens with zero attached hydrogens (tertiary/aromatic N) is 1. The van der Waals surface area contributed by atoms with E-state index in [4.69, 9.17) is 0 Å². The van der Waals surface area contributed by atoms with Gasteiger partial charge in [-0.05, 0) is 56.2 Å². The molecule has 0 unspecified atom stereocenters. The Bertz CT molecular complexity index is 387. The monoisotopic (exact) mass is 360 g/mol. The smallest absolute Gasteiger partial charge is 0.140 e. The molecule has 1 heterocycles. The summed E-state index contributed by atoms with van der Waals surface area (Å²) in [6, 6.07) is 2.03. The Balaban J connectivity index is 1.97. The van der Waals surface area contributed by atoms with Crippen LogP contribution in [0.15, 0.2) is 21.2 Å². The zero-order valence-electron chi connectivity index (χ0n) is 10.1. The quantitative estimate of drug-likeness (QED) is 0.820. The minimum Gasteiger partial charge on any atom is -0.369 e. The Morgan fingerprint density at radius 2 is 2.00 bits per heavy atom. The molecule has 1 aromatic heterocycles. The van der Waals surface area contributed by atoms with Gasteiger partial charge in [-0.3, -0.25) is 0 Å². The van der Waals surface area contributed by atoms with E-state index in [0.29, 0.717) is 5.41 Å². The van der Waals surface area contributed by atoms with Crippen molar-refractivity contribution < 1.29 is 0 Å². The van der Waals surface area contributed by atoms with Gasteiger partial charge in [0.05, 0.1) is 4.47 Å². The predicted octanol–water partition coefficient (Wildman–Crippen LogP) is 4.99. The summed E-state index contributed by atoms with van der Waals surface area (Å²) in [6.45, 7) is 3.39. The lowest BCUT2D eigenvalue weighted by Gasteiger charge is -2.33. The van der Waals surface area contributed by atoms with Crippen molar-refractivity contribution >= 4 is 37.7 Å². The highest BCUT2D eigenvalue weighted by Gasteiger charge is 2.26. The van der Waals surface area contributed by atoms with Crippen molar-refractivity contribution in [1.82, 2.24) is 4.98 Å². The maximum Gasteiger partial charge on any atom is 0.140 e. The van der Waals surface area contributed by atoms with Crippen LogP contribution in [0.4, 0.5) is 5.82 Å². The summed E-state index contributed by atoms with van der Waals surface area (Å²) >= 11 is 6.95. The normalized spacial score (nSPS) is 19.0. The Morgan fingerprint density at radius 3 is 2.65 bits per heavy atom. The number of anilines is 1. The molecule has 4 heteroatoms. The third kappa shape index (κ3) is 3.68. The first-order chi connectivity index (χ1) is 8.09. The van der Waals surface area contributed by atoms with E-state index in [1.807, 2.05) is 12.3 Å². The molecule has 0 amide bonds. The van der Waals surface area contributed by atoms with E-state index < -0.39 is 0 Å². The van der Waals surface area contributed by atoms with Crippen molar-refractivity contribution in [3.8, 4) is 0 Å². The predicted molar refractivity (Wildman–Crippen MR) is 79.3 cm³/mol. The van der Waals surface area contributed by atoms with Gasteiger partial charge in [0.2, 0.25) is 0 Å². The summed E-state index contributed by atoms with van der Waals surface area (Å²) < 4.78 is 2.02. The van der Waals surface area contributed by atoms with Gasteiger partial charge in [0.1, 0.15) is 5.82 Å². The molecule has 0 aromatic carbocycles. The summed E-state index contributed by atoms with van der Waals surface area (Å²) in [5, 5.41) is 3.47. The number of hydrogen-bond acceptors (Lipinski definition) is 2. The first-order valence-electron chi connectivity index (χ1n) is 6.14. The number of pyridine rings is 1. The molecule has 1 saturated carbocycles. The van der Waals surface area contributed by atoms with Crippen molar-refractivity contribution in [2.45, 2.75) is 39.0 Å². The van der Waals surface area contributed by atoms with Crippen LogP contribution < -0.4 is 5.32 Å². The van der Waals surface area contributed by atoms with Gasteiger partial charge in [-0.1, -0.05) is 26.2 Å². The highest BCUT2D eigenvalue weighted by Crippen LogP contribution is 2.36. The first kappa shape index (κ1) is 13.3. The Morgan fingerprint density at radius 1 is 1.29 bits per heavy atom. The van der Waals surface area contributed by atoms with Crippen molar-refractivity contribution in [3.63, 3.8) is 0 Å². The number of rotatable bonds is 3. The standard InChI is InChI=1S/C13H18Br2N2/c1-13(5-3-2-4-6-13)9-17-12-11(15)7-10(14)8-16-12/h7-8H,2-6,9H2,1H3,(H,16,17). The van der Waals surface area contributed by atoms with Crippen LogP contribution >= 0.6 is 31.9 Å². The highest BCUT2D eigenvalue weighted by molar-refractivity contribution is 9.11. The fourth-order valence-corrected chi connectivity index (χ4v) is 3.55. The molecule has 0 bridgehead atoms. The van der Waals surface area contributed by atoms with Crippen LogP contribution in [-0.2, 0) is 0 Å². The zero-order valence-corrected chi connectivity index (χ0v) is 13.3. The van der Waals surface area contributed by atoms with E-state index in [0.717, 1.165) is 21.3 Å². The molecule has 94 valence electrons. The second-order valence-corrected chi connectivity index (χ2v) is 6.98. The summed E-state index contributed by atoms with van der Waals surface area (Å²) in [6.07, 6.45) is 8.62. The number of aromatic nitrogens is 1. The van der Waals surface area contributed by atoms with Gasteiger partial charge in [0, 0.05) is 17.2 Å². The molecule has 17 heavy (non-hydrogen) atoms. The molecular formula is C13H18Br2N2. The maximum atomic E-state index is 4.39. The lowest BCUT2D eigenvalue weighted by atomic mass is 9.76. The lowest BCUT2D eigenvalue weighted by Crippen LogP contribution is -2.29. The molecule has 0 radical (unpaired) electrons. The van der Waals surface area contributed by atoms with E-state index in [9.17, 15) is 0 Å². The molecule has 1 N–H and O–H groups in total. The van der Waals surface area contributed by atoms with E-state index in [-0.39, 0.29) is 0 Å². The molecule has 2 rings (SSSR count). The Kier molecular flexibility index (Phi) is 4.47. The minimum absolute atomic E-state index is 0.437. The number of halogens is 2. The van der Waals surface area contributed by atoms with Gasteiger partial charge in [-0.2, -0.15) is 0 Å². The largest absolute Gasteiger partial charge is 0.369 e. The average molecular weight is 362 g/mol. The molecular weight excluding hydrogens is 344 g/mol. The van der Waals surface area contributed by atoms with E-state index in [1.54, 1.807) is 0 Å². The summed E-state index contributed by atoms with van der Waals surface area (Å²) in [7, 11) is 0. The van der Waals surface area contributed by atoms with Crippen LogP contribution in [0, 0.1) is 5.41 Å². The Labute approximate surface area is 120 Å². The average Bonchev–Trinajstić information content (AvgIpc) is 2.29. The van der Waals surface area contributed by atoms with Gasteiger partial charge in [0.25, 0.3) is 0 Å². The van der Waals surface area contributed by atoms with Crippen molar-refractivity contribution in [3.05, 3.63) is 21.2 Å². The number of nitrogens with one attached hydrogen (secondary N) is 1. The molecule has 1 aliphatic rings. The van der Waals surface area contributed by atoms with Crippen LogP contribution in [-0.4, -0.2) is 11.5 Å². The molecule has 0 aliphatic heterocycles. The van der Waals surface area contributed by atoms with E-state index in [1.165, 1.54) is 32.1 Å². The van der Waals surface area contributed by atoms with Crippen molar-refractivity contribution in [2.24, 2.45) is 5.41 Å². The molecule has 0 saturated heterocycles. The van der Waals surface area contributed by atoms with Crippen molar-refractivity contribution in [2.75, 3.05) is 11.9 Å². The van der Waals surface area contributed by atoms with Crippen LogP contribution in [0.2, 0.25) is 0 Å². The molecule has 0 atom stereocenters. The summed E-state index contributed by atoms with van der Waals surface area (Å²) in [4.78, 5) is 4.39. The van der Waals surface area contributed by atoms with Gasteiger partial charge in [0.15, 0.2) is 0 Å². The van der Waals surface area contributed by atoms with Gasteiger partial charge >= 0.3 is 0 Å². The van der Waals surface area contributed by atoms with Crippen LogP contribution in [0.5, 0.6) is 0 Å². The molecule has 0 spiro atoms. The molecule has 1 aromatic rings. The second-order valence-electron chi connectivity index (χ2n) is 5.21. The maximum absolute atomic E-state index is 4.39. The lowest BCUT2D eigenvalue weighted by molar-refractivity contribution is 0.233. The van der Waals surface area contributed by atoms with E-state index >= 15 is 0 Å². The molecule has 1 fully saturated rings. The minimum atomic E-state index is 0.437. The fraction of sp³-hybridized carbons (Fsp3) is 0.615. The van der Waals surface area contributed by atoms with Crippen LogP contribution in [0.25, 0.3) is 0 Å². The molecule has 1 aliphatic carbocycles. The van der Waals surface area contributed by atoms with Crippen molar-refractivity contribution in [1.29, 1.82) is 0 Å². The molecule has 2 nitrogen and oxygen atoms in total. The second kappa shape index (κ2) is 5.70. The summed E-state index contributed by atoms with van der Waals surface area (Å²) in [5.41, 5.74) is 0.437. The third-order valence-corrected chi connectivity index (χ3v) is 4.59. The Hall–Kier alpha value is -0.0900. The zero-order chi connectivity index (χ0) is 12.3. The summed E-state index contributed by atoms with van der Waals surface area (Å²) in [5.74, 6) is 0.944. The first-order valence-corrected chi connectivity index (χ1v) is 7.73. The van der Waals surface area contributed by atoms with Crippen LogP contribution in [0.1, 0.15) is 39.0 Å². The van der Waals surface area contributed by atoms with Gasteiger partial charge in [-0.15, -0.1) is 0 Å².